The van der Waals surface area contributed by atoms with Crippen molar-refractivity contribution in [2.45, 2.75) is 6.92 Å². The average molecular weight is 150 g/mol. The minimum atomic E-state index is 0.903. The van der Waals surface area contributed by atoms with Crippen LogP contribution in [-0.4, -0.2) is 23.0 Å². The van der Waals surface area contributed by atoms with Crippen molar-refractivity contribution >= 4 is 0 Å². The van der Waals surface area contributed by atoms with Crippen molar-refractivity contribution in [3.8, 4) is 0 Å². The molecule has 0 bridgehead atoms. The van der Waals surface area contributed by atoms with E-state index in [0.29, 0.717) is 0 Å². The molecule has 1 aliphatic rings. The van der Waals surface area contributed by atoms with Crippen LogP contribution in [0.1, 0.15) is 6.92 Å². The number of rotatable bonds is 3. The molecule has 11 heavy (non-hydrogen) atoms. The van der Waals surface area contributed by atoms with Crippen LogP contribution in [0.5, 0.6) is 0 Å². The topological polar surface area (TPSA) is 6.48 Å². The van der Waals surface area contributed by atoms with Crippen molar-refractivity contribution in [2.24, 2.45) is 0 Å². The molecule has 1 rings (SSSR count). The maximum Gasteiger partial charge on any atom is 0.0941 e. The normalized spacial score (nSPS) is 15.7. The molecule has 60 valence electrons. The fourth-order valence-electron chi connectivity index (χ4n) is 0.997. The summed E-state index contributed by atoms with van der Waals surface area (Å²) in [6.45, 7) is 11.3. The van der Waals surface area contributed by atoms with Gasteiger partial charge in [0.15, 0.2) is 0 Å². The van der Waals surface area contributed by atoms with Gasteiger partial charge in [0.1, 0.15) is 0 Å². The molecule has 0 radical (unpaired) electrons. The quantitative estimate of drug-likeness (QED) is 0.565. The molecule has 0 amide bonds. The Balaban J connectivity index is 2.42. The van der Waals surface area contributed by atoms with E-state index >= 15 is 0 Å². The van der Waals surface area contributed by atoms with Gasteiger partial charge in [0.25, 0.3) is 0 Å². The Morgan fingerprint density at radius 3 is 2.82 bits per heavy atom. The Morgan fingerprint density at radius 1 is 1.64 bits per heavy atom. The number of allylic oxidation sites excluding steroid dienone is 1. The van der Waals surface area contributed by atoms with E-state index in [9.17, 15) is 0 Å². The second-order valence-electron chi connectivity index (χ2n) is 2.70. The average Bonchev–Trinajstić information content (AvgIpc) is 2.37. The van der Waals surface area contributed by atoms with Crippen LogP contribution in [0.3, 0.4) is 0 Å². The molecule has 0 aliphatic carbocycles. The SMILES string of the molecule is C=CCN1C=CN(C(=C)C)C1. The highest BCUT2D eigenvalue weighted by Crippen LogP contribution is 2.10. The van der Waals surface area contributed by atoms with E-state index in [1.807, 2.05) is 19.2 Å². The molecular formula is C9H14N2. The Morgan fingerprint density at radius 2 is 2.36 bits per heavy atom. The van der Waals surface area contributed by atoms with Crippen molar-refractivity contribution in [1.82, 2.24) is 9.80 Å². The predicted octanol–water partition coefficient (Wildman–Crippen LogP) is 1.75. The minimum absolute atomic E-state index is 0.903. The number of nitrogens with zero attached hydrogens (tertiary/aromatic N) is 2. The monoisotopic (exact) mass is 150 g/mol. The summed E-state index contributed by atoms with van der Waals surface area (Å²) >= 11 is 0. The van der Waals surface area contributed by atoms with Crippen LogP contribution >= 0.6 is 0 Å². The maximum absolute atomic E-state index is 3.85. The summed E-state index contributed by atoms with van der Waals surface area (Å²) in [5.74, 6) is 0. The largest absolute Gasteiger partial charge is 0.355 e. The van der Waals surface area contributed by atoms with Gasteiger partial charge in [-0.05, 0) is 6.92 Å². The molecule has 0 N–H and O–H groups in total. The maximum atomic E-state index is 3.85. The van der Waals surface area contributed by atoms with Gasteiger partial charge in [0.2, 0.25) is 0 Å². The fourth-order valence-corrected chi connectivity index (χ4v) is 0.997. The summed E-state index contributed by atoms with van der Waals surface area (Å²) in [5.41, 5.74) is 1.08. The van der Waals surface area contributed by atoms with Gasteiger partial charge in [-0.15, -0.1) is 6.58 Å². The van der Waals surface area contributed by atoms with E-state index < -0.39 is 0 Å². The third-order valence-corrected chi connectivity index (χ3v) is 1.65. The van der Waals surface area contributed by atoms with Crippen LogP contribution < -0.4 is 0 Å². The van der Waals surface area contributed by atoms with Crippen molar-refractivity contribution in [2.75, 3.05) is 13.2 Å². The lowest BCUT2D eigenvalue weighted by molar-refractivity contribution is 0.325. The van der Waals surface area contributed by atoms with Crippen LogP contribution in [0, 0.1) is 0 Å². The van der Waals surface area contributed by atoms with Crippen LogP contribution in [-0.2, 0) is 0 Å². The molecule has 0 unspecified atom stereocenters. The molecule has 0 aromatic rings. The van der Waals surface area contributed by atoms with E-state index in [1.165, 1.54) is 0 Å². The van der Waals surface area contributed by atoms with Crippen LogP contribution in [0.25, 0.3) is 0 Å². The first kappa shape index (κ1) is 7.92. The van der Waals surface area contributed by atoms with Gasteiger partial charge in [-0.3, -0.25) is 0 Å². The smallest absolute Gasteiger partial charge is 0.0941 e. The molecular weight excluding hydrogens is 136 g/mol. The van der Waals surface area contributed by atoms with Crippen LogP contribution in [0.15, 0.2) is 37.3 Å². The zero-order valence-electron chi connectivity index (χ0n) is 6.95. The molecule has 0 saturated carbocycles. The van der Waals surface area contributed by atoms with Crippen molar-refractivity contribution in [3.63, 3.8) is 0 Å². The highest BCUT2D eigenvalue weighted by molar-refractivity contribution is 5.03. The van der Waals surface area contributed by atoms with Crippen molar-refractivity contribution in [3.05, 3.63) is 37.3 Å². The Bertz CT molecular complexity index is 194. The zero-order chi connectivity index (χ0) is 8.27. The van der Waals surface area contributed by atoms with Gasteiger partial charge >= 0.3 is 0 Å². The van der Waals surface area contributed by atoms with E-state index in [2.05, 4.69) is 29.2 Å². The van der Waals surface area contributed by atoms with E-state index in [4.69, 9.17) is 0 Å². The lowest BCUT2D eigenvalue weighted by atomic mass is 10.5. The summed E-state index contributed by atoms with van der Waals surface area (Å²) in [6, 6.07) is 0. The van der Waals surface area contributed by atoms with Crippen molar-refractivity contribution in [1.29, 1.82) is 0 Å². The Hall–Kier alpha value is -1.18. The Kier molecular flexibility index (Phi) is 2.36. The molecule has 1 aliphatic heterocycles. The summed E-state index contributed by atoms with van der Waals surface area (Å²) in [4.78, 5) is 4.27. The van der Waals surface area contributed by atoms with E-state index in [-0.39, 0.29) is 0 Å². The minimum Gasteiger partial charge on any atom is -0.355 e. The van der Waals surface area contributed by atoms with E-state index in [0.717, 1.165) is 18.9 Å². The summed E-state index contributed by atoms with van der Waals surface area (Å²) in [6.07, 6.45) is 5.98. The summed E-state index contributed by atoms with van der Waals surface area (Å²) in [5, 5.41) is 0. The van der Waals surface area contributed by atoms with Gasteiger partial charge in [-0.2, -0.15) is 0 Å². The Labute approximate surface area is 68.1 Å². The molecule has 0 atom stereocenters. The van der Waals surface area contributed by atoms with Crippen LogP contribution in [0.2, 0.25) is 0 Å². The fraction of sp³-hybridized carbons (Fsp3) is 0.333. The molecule has 2 heteroatoms. The second kappa shape index (κ2) is 3.28. The second-order valence-corrected chi connectivity index (χ2v) is 2.70. The van der Waals surface area contributed by atoms with Gasteiger partial charge < -0.3 is 9.80 Å². The third kappa shape index (κ3) is 1.87. The van der Waals surface area contributed by atoms with Gasteiger partial charge in [-0.25, -0.2) is 0 Å². The highest BCUT2D eigenvalue weighted by atomic mass is 15.3. The summed E-state index contributed by atoms with van der Waals surface area (Å²) in [7, 11) is 0. The zero-order valence-corrected chi connectivity index (χ0v) is 6.95. The van der Waals surface area contributed by atoms with Gasteiger partial charge in [-0.1, -0.05) is 12.7 Å². The highest BCUT2D eigenvalue weighted by Gasteiger charge is 2.09. The molecule has 0 aromatic carbocycles. The lowest BCUT2D eigenvalue weighted by Gasteiger charge is -2.19. The molecule has 1 heterocycles. The first-order chi connectivity index (χ1) is 5.24. The standard InChI is InChI=1S/C9H14N2/c1-4-5-10-6-7-11(8-10)9(2)3/h4,6-7H,1-2,5,8H2,3H3. The summed E-state index contributed by atoms with van der Waals surface area (Å²) < 4.78 is 0. The van der Waals surface area contributed by atoms with Crippen LogP contribution in [0.4, 0.5) is 0 Å². The number of hydrogen-bond acceptors (Lipinski definition) is 2. The first-order valence-electron chi connectivity index (χ1n) is 3.69. The molecule has 0 aromatic heterocycles. The molecule has 2 nitrogen and oxygen atoms in total. The molecule has 0 saturated heterocycles. The molecule has 0 spiro atoms. The van der Waals surface area contributed by atoms with Gasteiger partial charge in [0.05, 0.1) is 6.67 Å². The predicted molar refractivity (Wildman–Crippen MR) is 47.6 cm³/mol. The first-order valence-corrected chi connectivity index (χ1v) is 3.69. The van der Waals surface area contributed by atoms with E-state index in [1.54, 1.807) is 0 Å². The lowest BCUT2D eigenvalue weighted by Crippen LogP contribution is -2.23. The third-order valence-electron chi connectivity index (χ3n) is 1.65. The number of hydrogen-bond donors (Lipinski definition) is 0. The molecule has 0 fully saturated rings. The van der Waals surface area contributed by atoms with Crippen molar-refractivity contribution < 1.29 is 0 Å². The van der Waals surface area contributed by atoms with Gasteiger partial charge in [0, 0.05) is 24.6 Å².